The van der Waals surface area contributed by atoms with E-state index in [0.29, 0.717) is 18.7 Å². The van der Waals surface area contributed by atoms with Crippen LogP contribution in [-0.2, 0) is 13.7 Å². The molecule has 0 aliphatic heterocycles. The topological polar surface area (TPSA) is 79.3 Å². The number of rotatable bonds is 9. The first-order valence-electron chi connectivity index (χ1n) is 6.76. The fraction of sp³-hybridized carbons (Fsp3) is 0.500. The quantitative estimate of drug-likeness (QED) is 0.318. The monoisotopic (exact) mass is 328 g/mol. The fourth-order valence-electron chi connectivity index (χ4n) is 1.78. The van der Waals surface area contributed by atoms with Crippen molar-refractivity contribution in [3.8, 4) is 0 Å². The average molecular weight is 328 g/mol. The Kier molecular flexibility index (Phi) is 7.60. The number of thiol groups is 2. The minimum absolute atomic E-state index is 0.116. The summed E-state index contributed by atoms with van der Waals surface area (Å²) in [7, 11) is 0. The minimum Gasteiger partial charge on any atom is -0.481 e. The Bertz CT molecular complexity index is 467. The third kappa shape index (κ3) is 7.38. The van der Waals surface area contributed by atoms with E-state index in [1.165, 1.54) is 0 Å². The maximum Gasteiger partial charge on any atom is 0.303 e. The van der Waals surface area contributed by atoms with Crippen LogP contribution in [0.3, 0.4) is 0 Å². The number of nitrogens with one attached hydrogen (secondary N) is 1. The smallest absolute Gasteiger partial charge is 0.303 e. The van der Waals surface area contributed by atoms with Crippen LogP contribution in [-0.4, -0.2) is 28.5 Å². The molecule has 0 unspecified atom stereocenters. The molecule has 21 heavy (non-hydrogen) atoms. The molecule has 0 aliphatic rings. The van der Waals surface area contributed by atoms with Crippen molar-refractivity contribution in [2.45, 2.75) is 36.2 Å². The number of nitrogens with zero attached hydrogens (tertiary/aromatic N) is 1. The molecule has 7 heteroatoms. The molecule has 1 aromatic rings. The molecule has 0 aromatic carbocycles. The van der Waals surface area contributed by atoms with Gasteiger partial charge in [0.15, 0.2) is 0 Å². The lowest BCUT2D eigenvalue weighted by Crippen LogP contribution is -2.29. The average Bonchev–Trinajstić information content (AvgIpc) is 2.43. The predicted molar refractivity (Wildman–Crippen MR) is 87.6 cm³/mol. The number of carbonyl (C=O) groups excluding carboxylic acids is 1. The van der Waals surface area contributed by atoms with Gasteiger partial charge in [0.1, 0.15) is 4.08 Å². The molecule has 1 amide bonds. The van der Waals surface area contributed by atoms with E-state index in [2.05, 4.69) is 35.6 Å². The Morgan fingerprint density at radius 1 is 1.24 bits per heavy atom. The Balaban J connectivity index is 2.26. The number of amides is 1. The van der Waals surface area contributed by atoms with Crippen molar-refractivity contribution in [3.05, 3.63) is 30.1 Å². The number of aromatic nitrogens is 1. The molecule has 1 rings (SSSR count). The zero-order chi connectivity index (χ0) is 15.7. The summed E-state index contributed by atoms with van der Waals surface area (Å²) in [4.78, 5) is 26.3. The summed E-state index contributed by atoms with van der Waals surface area (Å²) in [5.74, 6) is -0.937. The standard InChI is InChI=1S/C14H20N2O3S2/c17-12(16-9-4-1-2-7-13(18)19)10-14(20,21)11-6-3-5-8-15-11/h3,5-6,8,20-21H,1-2,4,7,9-10H2,(H,16,17)(H,18,19). The van der Waals surface area contributed by atoms with Gasteiger partial charge in [0.25, 0.3) is 0 Å². The summed E-state index contributed by atoms with van der Waals surface area (Å²) in [6, 6.07) is 5.39. The first-order chi connectivity index (χ1) is 9.92. The Morgan fingerprint density at radius 2 is 2.00 bits per heavy atom. The van der Waals surface area contributed by atoms with E-state index in [9.17, 15) is 9.59 Å². The molecule has 116 valence electrons. The molecule has 5 nitrogen and oxygen atoms in total. The van der Waals surface area contributed by atoms with E-state index in [-0.39, 0.29) is 18.7 Å². The number of carbonyl (C=O) groups is 2. The van der Waals surface area contributed by atoms with Crippen molar-refractivity contribution >= 4 is 37.1 Å². The van der Waals surface area contributed by atoms with Gasteiger partial charge in [-0.1, -0.05) is 12.5 Å². The Labute approximate surface area is 135 Å². The van der Waals surface area contributed by atoms with Gasteiger partial charge in [-0.15, -0.1) is 0 Å². The van der Waals surface area contributed by atoms with Crippen LogP contribution >= 0.6 is 25.3 Å². The van der Waals surface area contributed by atoms with Gasteiger partial charge in [-0.05, 0) is 25.0 Å². The second-order valence-electron chi connectivity index (χ2n) is 4.76. The first kappa shape index (κ1) is 17.8. The largest absolute Gasteiger partial charge is 0.481 e. The SMILES string of the molecule is O=C(O)CCCCCNC(=O)CC(S)(S)c1ccccn1. The van der Waals surface area contributed by atoms with Crippen molar-refractivity contribution in [2.75, 3.05) is 6.54 Å². The van der Waals surface area contributed by atoms with Gasteiger partial charge in [0.2, 0.25) is 5.91 Å². The second kappa shape index (κ2) is 8.94. The molecule has 1 aromatic heterocycles. The van der Waals surface area contributed by atoms with Crippen LogP contribution in [0.2, 0.25) is 0 Å². The van der Waals surface area contributed by atoms with Gasteiger partial charge in [0.05, 0.1) is 12.1 Å². The van der Waals surface area contributed by atoms with Crippen molar-refractivity contribution in [1.82, 2.24) is 10.3 Å². The maximum absolute atomic E-state index is 11.8. The summed E-state index contributed by atoms with van der Waals surface area (Å²) < 4.78 is -0.908. The van der Waals surface area contributed by atoms with Crippen molar-refractivity contribution in [1.29, 1.82) is 0 Å². The summed E-state index contributed by atoms with van der Waals surface area (Å²) in [6.45, 7) is 0.526. The molecular weight excluding hydrogens is 308 g/mol. The number of carboxylic acids is 1. The van der Waals surface area contributed by atoms with Crippen LogP contribution in [0.1, 0.15) is 37.8 Å². The van der Waals surface area contributed by atoms with Gasteiger partial charge in [-0.25, -0.2) is 0 Å². The Morgan fingerprint density at radius 3 is 2.62 bits per heavy atom. The molecule has 1 heterocycles. The molecule has 0 bridgehead atoms. The van der Waals surface area contributed by atoms with Gasteiger partial charge in [-0.2, -0.15) is 25.3 Å². The van der Waals surface area contributed by atoms with Crippen LogP contribution in [0.25, 0.3) is 0 Å². The highest BCUT2D eigenvalue weighted by Gasteiger charge is 2.27. The molecule has 0 atom stereocenters. The van der Waals surface area contributed by atoms with Crippen LogP contribution < -0.4 is 5.32 Å². The normalized spacial score (nSPS) is 11.1. The first-order valence-corrected chi connectivity index (χ1v) is 7.66. The Hall–Kier alpha value is -1.21. The molecule has 0 saturated carbocycles. The zero-order valence-electron chi connectivity index (χ0n) is 11.7. The third-order valence-electron chi connectivity index (χ3n) is 2.87. The number of pyridine rings is 1. The van der Waals surface area contributed by atoms with Gasteiger partial charge >= 0.3 is 5.97 Å². The second-order valence-corrected chi connectivity index (χ2v) is 6.64. The lowest BCUT2D eigenvalue weighted by molar-refractivity contribution is -0.137. The van der Waals surface area contributed by atoms with Crippen molar-refractivity contribution < 1.29 is 14.7 Å². The van der Waals surface area contributed by atoms with E-state index in [1.54, 1.807) is 18.3 Å². The summed E-state index contributed by atoms with van der Waals surface area (Å²) >= 11 is 8.78. The van der Waals surface area contributed by atoms with Crippen molar-refractivity contribution in [2.24, 2.45) is 0 Å². The summed E-state index contributed by atoms with van der Waals surface area (Å²) in [5, 5.41) is 11.3. The van der Waals surface area contributed by atoms with E-state index in [0.717, 1.165) is 12.8 Å². The molecule has 0 radical (unpaired) electrons. The molecular formula is C14H20N2O3S2. The highest BCUT2D eigenvalue weighted by Crippen LogP contribution is 2.34. The van der Waals surface area contributed by atoms with Gasteiger partial charge in [0, 0.05) is 19.2 Å². The third-order valence-corrected chi connectivity index (χ3v) is 3.65. The fourth-order valence-corrected chi connectivity index (χ4v) is 2.33. The van der Waals surface area contributed by atoms with E-state index >= 15 is 0 Å². The molecule has 0 saturated heterocycles. The molecule has 0 spiro atoms. The summed E-state index contributed by atoms with van der Waals surface area (Å²) in [5.41, 5.74) is 0.633. The number of hydrogen-bond acceptors (Lipinski definition) is 5. The highest BCUT2D eigenvalue weighted by atomic mass is 32.2. The van der Waals surface area contributed by atoms with E-state index in [1.807, 2.05) is 6.07 Å². The number of hydrogen-bond donors (Lipinski definition) is 4. The van der Waals surface area contributed by atoms with Gasteiger partial charge < -0.3 is 10.4 Å². The number of aliphatic carboxylic acids is 1. The molecule has 0 fully saturated rings. The number of unbranched alkanes of at least 4 members (excludes halogenated alkanes) is 2. The molecule has 2 N–H and O–H groups in total. The van der Waals surface area contributed by atoms with E-state index in [4.69, 9.17) is 5.11 Å². The van der Waals surface area contributed by atoms with Crippen LogP contribution in [0.4, 0.5) is 0 Å². The predicted octanol–water partition coefficient (Wildman–Crippen LogP) is 2.25. The van der Waals surface area contributed by atoms with Gasteiger partial charge in [-0.3, -0.25) is 14.6 Å². The minimum atomic E-state index is -0.908. The maximum atomic E-state index is 11.8. The lowest BCUT2D eigenvalue weighted by atomic mass is 10.1. The zero-order valence-corrected chi connectivity index (χ0v) is 13.4. The summed E-state index contributed by atoms with van der Waals surface area (Å²) in [6.07, 6.45) is 4.09. The highest BCUT2D eigenvalue weighted by molar-refractivity contribution is 7.99. The van der Waals surface area contributed by atoms with Crippen molar-refractivity contribution in [3.63, 3.8) is 0 Å². The van der Waals surface area contributed by atoms with E-state index < -0.39 is 10.0 Å². The lowest BCUT2D eigenvalue weighted by Gasteiger charge is -2.21. The van der Waals surface area contributed by atoms with Crippen LogP contribution in [0.5, 0.6) is 0 Å². The molecule has 0 aliphatic carbocycles. The van der Waals surface area contributed by atoms with Crippen LogP contribution in [0.15, 0.2) is 24.4 Å². The van der Waals surface area contributed by atoms with Crippen LogP contribution in [0, 0.1) is 0 Å². The number of carboxylic acid groups (broad SMARTS) is 1.